The van der Waals surface area contributed by atoms with E-state index >= 15 is 0 Å². The Labute approximate surface area is 198 Å². The molecule has 0 unspecified atom stereocenters. The third-order valence-corrected chi connectivity index (χ3v) is 5.89. The molecule has 0 N–H and O–H groups in total. The fourth-order valence-corrected chi connectivity index (χ4v) is 4.13. The van der Waals surface area contributed by atoms with Gasteiger partial charge in [0.05, 0.1) is 12.3 Å². The predicted octanol–water partition coefficient (Wildman–Crippen LogP) is 6.99. The smallest absolute Gasteiger partial charge is 0.282 e. The van der Waals surface area contributed by atoms with Crippen LogP contribution in [0.1, 0.15) is 18.1 Å². The van der Waals surface area contributed by atoms with Gasteiger partial charge in [0.15, 0.2) is 0 Å². The molecule has 0 bridgehead atoms. The van der Waals surface area contributed by atoms with Crippen LogP contribution in [0.3, 0.4) is 0 Å². The standard InChI is InChI=1S/C24H17BrCl2N2O2/c1-2-31-18-11-9-17(10-12-18)29-23(19-5-3-4-6-20(19)25)28-22(24(29)30)13-15-7-8-16(26)14-21(15)27/h3-14H,2H2,1H3/b22-13+. The molecular formula is C24H17BrCl2N2O2. The summed E-state index contributed by atoms with van der Waals surface area (Å²) in [6, 6.07) is 20.1. The summed E-state index contributed by atoms with van der Waals surface area (Å²) < 4.78 is 6.36. The topological polar surface area (TPSA) is 41.9 Å². The van der Waals surface area contributed by atoms with E-state index in [0.29, 0.717) is 33.7 Å². The molecule has 1 aliphatic heterocycles. The van der Waals surface area contributed by atoms with E-state index in [1.807, 2.05) is 55.5 Å². The molecule has 4 rings (SSSR count). The quantitative estimate of drug-likeness (QED) is 0.343. The molecule has 0 saturated heterocycles. The first-order valence-electron chi connectivity index (χ1n) is 9.55. The molecule has 4 nitrogen and oxygen atoms in total. The van der Waals surface area contributed by atoms with Crippen molar-refractivity contribution >= 4 is 62.6 Å². The van der Waals surface area contributed by atoms with Crippen LogP contribution in [0, 0.1) is 0 Å². The second kappa shape index (κ2) is 9.27. The molecule has 0 spiro atoms. The number of halogens is 3. The van der Waals surface area contributed by atoms with Crippen LogP contribution in [0.2, 0.25) is 10.0 Å². The lowest BCUT2D eigenvalue weighted by Crippen LogP contribution is -2.32. The number of aliphatic imine (C=N–C) groups is 1. The van der Waals surface area contributed by atoms with Crippen LogP contribution in [0.25, 0.3) is 6.08 Å². The van der Waals surface area contributed by atoms with E-state index in [1.54, 1.807) is 29.2 Å². The minimum absolute atomic E-state index is 0.249. The number of amides is 1. The molecule has 1 amide bonds. The van der Waals surface area contributed by atoms with Crippen molar-refractivity contribution in [1.29, 1.82) is 0 Å². The van der Waals surface area contributed by atoms with Crippen molar-refractivity contribution in [3.8, 4) is 5.75 Å². The van der Waals surface area contributed by atoms with Gasteiger partial charge in [-0.25, -0.2) is 4.99 Å². The van der Waals surface area contributed by atoms with E-state index < -0.39 is 0 Å². The molecule has 1 aliphatic rings. The first kappa shape index (κ1) is 21.6. The SMILES string of the molecule is CCOc1ccc(N2C(=O)/C(=C\c3ccc(Cl)cc3Cl)N=C2c2ccccc2Br)cc1. The van der Waals surface area contributed by atoms with Crippen LogP contribution in [-0.4, -0.2) is 18.3 Å². The maximum Gasteiger partial charge on any atom is 0.282 e. The first-order chi connectivity index (χ1) is 15.0. The Bertz CT molecular complexity index is 1210. The number of carbonyl (C=O) groups excluding carboxylic acids is 1. The van der Waals surface area contributed by atoms with Crippen molar-refractivity contribution in [3.63, 3.8) is 0 Å². The van der Waals surface area contributed by atoms with Gasteiger partial charge in [0.2, 0.25) is 0 Å². The van der Waals surface area contributed by atoms with E-state index in [1.165, 1.54) is 0 Å². The fourth-order valence-electron chi connectivity index (χ4n) is 3.20. The molecular weight excluding hydrogens is 499 g/mol. The van der Waals surface area contributed by atoms with Crippen molar-refractivity contribution in [3.05, 3.63) is 98.1 Å². The molecule has 0 aromatic heterocycles. The Hall–Kier alpha value is -2.60. The maximum absolute atomic E-state index is 13.4. The molecule has 0 atom stereocenters. The highest BCUT2D eigenvalue weighted by Crippen LogP contribution is 2.32. The molecule has 1 heterocycles. The number of anilines is 1. The second-order valence-electron chi connectivity index (χ2n) is 6.68. The summed E-state index contributed by atoms with van der Waals surface area (Å²) in [5, 5.41) is 0.975. The van der Waals surface area contributed by atoms with Crippen LogP contribution < -0.4 is 9.64 Å². The molecule has 0 aliphatic carbocycles. The van der Waals surface area contributed by atoms with Gasteiger partial charge in [-0.15, -0.1) is 0 Å². The predicted molar refractivity (Wildman–Crippen MR) is 130 cm³/mol. The Kier molecular flexibility index (Phi) is 6.46. The number of hydrogen-bond acceptors (Lipinski definition) is 3. The van der Waals surface area contributed by atoms with E-state index in [0.717, 1.165) is 15.8 Å². The summed E-state index contributed by atoms with van der Waals surface area (Å²) in [5.41, 5.74) is 2.44. The molecule has 0 fully saturated rings. The van der Waals surface area contributed by atoms with Gasteiger partial charge in [0.25, 0.3) is 5.91 Å². The lowest BCUT2D eigenvalue weighted by molar-refractivity contribution is -0.113. The summed E-state index contributed by atoms with van der Waals surface area (Å²) in [6.45, 7) is 2.50. The van der Waals surface area contributed by atoms with Crippen LogP contribution in [-0.2, 0) is 4.79 Å². The Balaban J connectivity index is 1.81. The molecule has 7 heteroatoms. The van der Waals surface area contributed by atoms with Crippen molar-refractivity contribution in [2.45, 2.75) is 6.92 Å². The van der Waals surface area contributed by atoms with E-state index in [4.69, 9.17) is 27.9 Å². The molecule has 3 aromatic carbocycles. The van der Waals surface area contributed by atoms with Gasteiger partial charge in [-0.1, -0.05) is 63.4 Å². The molecule has 3 aromatic rings. The molecule has 31 heavy (non-hydrogen) atoms. The highest BCUT2D eigenvalue weighted by molar-refractivity contribution is 9.10. The summed E-state index contributed by atoms with van der Waals surface area (Å²) >= 11 is 15.9. The van der Waals surface area contributed by atoms with Crippen LogP contribution in [0.15, 0.2) is 81.9 Å². The van der Waals surface area contributed by atoms with Crippen LogP contribution in [0.5, 0.6) is 5.75 Å². The normalized spacial score (nSPS) is 14.8. The highest BCUT2D eigenvalue weighted by Gasteiger charge is 2.33. The number of carbonyl (C=O) groups is 1. The minimum atomic E-state index is -0.249. The van der Waals surface area contributed by atoms with Gasteiger partial charge in [-0.3, -0.25) is 9.69 Å². The van der Waals surface area contributed by atoms with E-state index in [2.05, 4.69) is 20.9 Å². The number of nitrogens with zero attached hydrogens (tertiary/aromatic N) is 2. The van der Waals surface area contributed by atoms with Gasteiger partial charge in [0.1, 0.15) is 17.3 Å². The number of rotatable bonds is 5. The summed E-state index contributed by atoms with van der Waals surface area (Å²) in [4.78, 5) is 19.7. The van der Waals surface area contributed by atoms with Crippen molar-refractivity contribution < 1.29 is 9.53 Å². The van der Waals surface area contributed by atoms with Crippen LogP contribution >= 0.6 is 39.1 Å². The van der Waals surface area contributed by atoms with Gasteiger partial charge in [-0.05, 0) is 61.0 Å². The average Bonchev–Trinajstić information content (AvgIpc) is 3.07. The number of benzene rings is 3. The van der Waals surface area contributed by atoms with Gasteiger partial charge < -0.3 is 4.74 Å². The maximum atomic E-state index is 13.4. The third kappa shape index (κ3) is 4.54. The van der Waals surface area contributed by atoms with Gasteiger partial charge >= 0.3 is 0 Å². The molecule has 156 valence electrons. The largest absolute Gasteiger partial charge is 0.494 e. The summed E-state index contributed by atoms with van der Waals surface area (Å²) in [6.07, 6.45) is 1.67. The third-order valence-electron chi connectivity index (χ3n) is 4.64. The monoisotopic (exact) mass is 514 g/mol. The van der Waals surface area contributed by atoms with Crippen molar-refractivity contribution in [2.24, 2.45) is 4.99 Å². The zero-order chi connectivity index (χ0) is 22.0. The molecule has 0 saturated carbocycles. The number of ether oxygens (including phenoxy) is 1. The second-order valence-corrected chi connectivity index (χ2v) is 8.38. The average molecular weight is 516 g/mol. The van der Waals surface area contributed by atoms with Crippen molar-refractivity contribution in [2.75, 3.05) is 11.5 Å². The first-order valence-corrected chi connectivity index (χ1v) is 11.1. The van der Waals surface area contributed by atoms with Crippen LogP contribution in [0.4, 0.5) is 5.69 Å². The Morgan fingerprint density at radius 1 is 1.06 bits per heavy atom. The van der Waals surface area contributed by atoms with Gasteiger partial charge in [0, 0.05) is 20.1 Å². The zero-order valence-electron chi connectivity index (χ0n) is 16.5. The van der Waals surface area contributed by atoms with Gasteiger partial charge in [-0.2, -0.15) is 0 Å². The van der Waals surface area contributed by atoms with Crippen molar-refractivity contribution in [1.82, 2.24) is 0 Å². The number of hydrogen-bond donors (Lipinski definition) is 0. The summed E-state index contributed by atoms with van der Waals surface area (Å²) in [7, 11) is 0. The van der Waals surface area contributed by atoms with E-state index in [9.17, 15) is 4.79 Å². The van der Waals surface area contributed by atoms with E-state index in [-0.39, 0.29) is 11.6 Å². The Morgan fingerprint density at radius 3 is 2.48 bits per heavy atom. The summed E-state index contributed by atoms with van der Waals surface area (Å²) in [5.74, 6) is 1.01. The highest BCUT2D eigenvalue weighted by atomic mass is 79.9. The zero-order valence-corrected chi connectivity index (χ0v) is 19.6. The lowest BCUT2D eigenvalue weighted by atomic mass is 10.1. The minimum Gasteiger partial charge on any atom is -0.494 e. The number of amidine groups is 1. The Morgan fingerprint density at radius 2 is 1.81 bits per heavy atom. The fraction of sp³-hybridized carbons (Fsp3) is 0.0833. The lowest BCUT2D eigenvalue weighted by Gasteiger charge is -2.19. The molecule has 0 radical (unpaired) electrons.